The summed E-state index contributed by atoms with van der Waals surface area (Å²) in [6.45, 7) is 2.61. The number of halogens is 1. The van der Waals surface area contributed by atoms with Crippen LogP contribution in [0, 0.1) is 6.92 Å². The molecule has 1 aromatic carbocycles. The molecule has 0 atom stereocenters. The van der Waals surface area contributed by atoms with Crippen molar-refractivity contribution in [1.29, 1.82) is 0 Å². The standard InChI is InChI=1S/C14H15ClN2O/c1-10-5-3-4-6-13(10)18-14-8-7-11(15)12(17-14)9-16-2/h3-8,16H,9H2,1-2H3. The summed E-state index contributed by atoms with van der Waals surface area (Å²) in [6.07, 6.45) is 0. The van der Waals surface area contributed by atoms with Crippen molar-refractivity contribution in [1.82, 2.24) is 10.3 Å². The highest BCUT2D eigenvalue weighted by atomic mass is 35.5. The highest BCUT2D eigenvalue weighted by Crippen LogP contribution is 2.25. The van der Waals surface area contributed by atoms with Crippen molar-refractivity contribution in [2.75, 3.05) is 7.05 Å². The summed E-state index contributed by atoms with van der Waals surface area (Å²) in [6, 6.07) is 11.4. The number of hydrogen-bond donors (Lipinski definition) is 1. The molecule has 3 nitrogen and oxygen atoms in total. The second-order valence-corrected chi connectivity index (χ2v) is 4.38. The average Bonchev–Trinajstić information content (AvgIpc) is 2.36. The fourth-order valence-corrected chi connectivity index (χ4v) is 1.77. The molecule has 1 heterocycles. The van der Waals surface area contributed by atoms with E-state index >= 15 is 0 Å². The number of nitrogens with one attached hydrogen (secondary N) is 1. The van der Waals surface area contributed by atoms with Gasteiger partial charge in [0, 0.05) is 12.6 Å². The molecule has 2 rings (SSSR count). The first-order chi connectivity index (χ1) is 8.70. The minimum absolute atomic E-state index is 0.555. The first-order valence-corrected chi connectivity index (χ1v) is 6.12. The summed E-state index contributed by atoms with van der Waals surface area (Å²) in [5, 5.41) is 3.67. The Hall–Kier alpha value is -1.58. The van der Waals surface area contributed by atoms with Crippen LogP contribution in [0.3, 0.4) is 0 Å². The van der Waals surface area contributed by atoms with Crippen LogP contribution in [0.1, 0.15) is 11.3 Å². The van der Waals surface area contributed by atoms with E-state index in [0.717, 1.165) is 17.0 Å². The van der Waals surface area contributed by atoms with Gasteiger partial charge in [-0.15, -0.1) is 0 Å². The molecule has 0 aliphatic heterocycles. The van der Waals surface area contributed by atoms with E-state index in [4.69, 9.17) is 16.3 Å². The first-order valence-electron chi connectivity index (χ1n) is 5.74. The monoisotopic (exact) mass is 262 g/mol. The summed E-state index contributed by atoms with van der Waals surface area (Å²) < 4.78 is 5.75. The van der Waals surface area contributed by atoms with E-state index < -0.39 is 0 Å². The summed E-state index contributed by atoms with van der Waals surface area (Å²) in [4.78, 5) is 4.38. The van der Waals surface area contributed by atoms with Gasteiger partial charge < -0.3 is 10.1 Å². The molecule has 0 spiro atoms. The van der Waals surface area contributed by atoms with E-state index in [1.807, 2.05) is 38.2 Å². The predicted octanol–water partition coefficient (Wildman–Crippen LogP) is 3.56. The second kappa shape index (κ2) is 5.85. The van der Waals surface area contributed by atoms with Crippen LogP contribution in [0.5, 0.6) is 11.6 Å². The van der Waals surface area contributed by atoms with Gasteiger partial charge in [0.2, 0.25) is 5.88 Å². The van der Waals surface area contributed by atoms with E-state index in [-0.39, 0.29) is 0 Å². The fourth-order valence-electron chi connectivity index (χ4n) is 1.60. The van der Waals surface area contributed by atoms with Crippen LogP contribution in [-0.4, -0.2) is 12.0 Å². The number of para-hydroxylation sites is 1. The zero-order chi connectivity index (χ0) is 13.0. The number of rotatable bonds is 4. The lowest BCUT2D eigenvalue weighted by atomic mass is 10.2. The largest absolute Gasteiger partial charge is 0.439 e. The molecule has 0 bridgehead atoms. The predicted molar refractivity (Wildman–Crippen MR) is 73.3 cm³/mol. The van der Waals surface area contributed by atoms with Crippen molar-refractivity contribution < 1.29 is 4.74 Å². The Morgan fingerprint density at radius 2 is 2.00 bits per heavy atom. The lowest BCUT2D eigenvalue weighted by molar-refractivity contribution is 0.456. The molecule has 0 radical (unpaired) electrons. The minimum atomic E-state index is 0.555. The Labute approximate surface area is 112 Å². The maximum absolute atomic E-state index is 6.05. The number of ether oxygens (including phenoxy) is 1. The summed E-state index contributed by atoms with van der Waals surface area (Å²) in [7, 11) is 1.85. The van der Waals surface area contributed by atoms with Gasteiger partial charge in [-0.05, 0) is 31.7 Å². The Balaban J connectivity index is 2.24. The third-order valence-corrected chi connectivity index (χ3v) is 2.89. The van der Waals surface area contributed by atoms with E-state index in [9.17, 15) is 0 Å². The fraction of sp³-hybridized carbons (Fsp3) is 0.214. The molecule has 0 aliphatic rings. The van der Waals surface area contributed by atoms with Gasteiger partial charge in [-0.3, -0.25) is 0 Å². The molecular formula is C14H15ClN2O. The maximum Gasteiger partial charge on any atom is 0.219 e. The Bertz CT molecular complexity index is 543. The van der Waals surface area contributed by atoms with Gasteiger partial charge in [-0.2, -0.15) is 0 Å². The van der Waals surface area contributed by atoms with Crippen LogP contribution in [0.15, 0.2) is 36.4 Å². The third-order valence-electron chi connectivity index (χ3n) is 2.55. The molecular weight excluding hydrogens is 248 g/mol. The second-order valence-electron chi connectivity index (χ2n) is 3.98. The number of aryl methyl sites for hydroxylation is 1. The number of aromatic nitrogens is 1. The first kappa shape index (κ1) is 12.9. The van der Waals surface area contributed by atoms with Crippen LogP contribution in [0.4, 0.5) is 0 Å². The van der Waals surface area contributed by atoms with Crippen molar-refractivity contribution in [3.05, 3.63) is 52.7 Å². The normalized spacial score (nSPS) is 10.4. The highest BCUT2D eigenvalue weighted by Gasteiger charge is 2.06. The highest BCUT2D eigenvalue weighted by molar-refractivity contribution is 6.31. The van der Waals surface area contributed by atoms with Crippen LogP contribution in [-0.2, 0) is 6.54 Å². The molecule has 94 valence electrons. The molecule has 18 heavy (non-hydrogen) atoms. The van der Waals surface area contributed by atoms with Crippen molar-refractivity contribution in [2.45, 2.75) is 13.5 Å². The third kappa shape index (κ3) is 3.00. The molecule has 1 N–H and O–H groups in total. The zero-order valence-corrected chi connectivity index (χ0v) is 11.2. The smallest absolute Gasteiger partial charge is 0.219 e. The van der Waals surface area contributed by atoms with Gasteiger partial charge in [0.15, 0.2) is 0 Å². The quantitative estimate of drug-likeness (QED) is 0.915. The van der Waals surface area contributed by atoms with Crippen molar-refractivity contribution in [3.63, 3.8) is 0 Å². The lowest BCUT2D eigenvalue weighted by Gasteiger charge is -2.09. The number of hydrogen-bond acceptors (Lipinski definition) is 3. The molecule has 1 aromatic heterocycles. The van der Waals surface area contributed by atoms with Gasteiger partial charge in [0.25, 0.3) is 0 Å². The van der Waals surface area contributed by atoms with Crippen LogP contribution >= 0.6 is 11.6 Å². The van der Waals surface area contributed by atoms with Crippen LogP contribution in [0.25, 0.3) is 0 Å². The molecule has 0 unspecified atom stereocenters. The molecule has 0 fully saturated rings. The van der Waals surface area contributed by atoms with E-state index in [1.165, 1.54) is 0 Å². The van der Waals surface area contributed by atoms with Crippen LogP contribution < -0.4 is 10.1 Å². The van der Waals surface area contributed by atoms with E-state index in [0.29, 0.717) is 17.4 Å². The van der Waals surface area contributed by atoms with Gasteiger partial charge in [-0.1, -0.05) is 29.8 Å². The molecule has 0 saturated heterocycles. The van der Waals surface area contributed by atoms with Crippen molar-refractivity contribution >= 4 is 11.6 Å². The van der Waals surface area contributed by atoms with Gasteiger partial charge in [0.05, 0.1) is 10.7 Å². The minimum Gasteiger partial charge on any atom is -0.439 e. The van der Waals surface area contributed by atoms with E-state index in [2.05, 4.69) is 10.3 Å². The summed E-state index contributed by atoms with van der Waals surface area (Å²) >= 11 is 6.05. The Morgan fingerprint density at radius 3 is 2.72 bits per heavy atom. The SMILES string of the molecule is CNCc1nc(Oc2ccccc2C)ccc1Cl. The zero-order valence-electron chi connectivity index (χ0n) is 10.4. The summed E-state index contributed by atoms with van der Waals surface area (Å²) in [5.74, 6) is 1.36. The van der Waals surface area contributed by atoms with E-state index in [1.54, 1.807) is 12.1 Å². The number of pyridine rings is 1. The summed E-state index contributed by atoms with van der Waals surface area (Å²) in [5.41, 5.74) is 1.86. The Morgan fingerprint density at radius 1 is 1.22 bits per heavy atom. The van der Waals surface area contributed by atoms with Gasteiger partial charge in [0.1, 0.15) is 5.75 Å². The van der Waals surface area contributed by atoms with Crippen LogP contribution in [0.2, 0.25) is 5.02 Å². The maximum atomic E-state index is 6.05. The van der Waals surface area contributed by atoms with Gasteiger partial charge in [-0.25, -0.2) is 4.98 Å². The molecule has 0 amide bonds. The molecule has 2 aromatic rings. The van der Waals surface area contributed by atoms with Crippen molar-refractivity contribution in [2.24, 2.45) is 0 Å². The number of benzene rings is 1. The number of nitrogens with zero attached hydrogens (tertiary/aromatic N) is 1. The molecule has 0 saturated carbocycles. The topological polar surface area (TPSA) is 34.2 Å². The molecule has 4 heteroatoms. The average molecular weight is 263 g/mol. The van der Waals surface area contributed by atoms with Crippen molar-refractivity contribution in [3.8, 4) is 11.6 Å². The Kier molecular flexibility index (Phi) is 4.18. The van der Waals surface area contributed by atoms with Gasteiger partial charge >= 0.3 is 0 Å². The molecule has 0 aliphatic carbocycles. The lowest BCUT2D eigenvalue weighted by Crippen LogP contribution is -2.08.